The van der Waals surface area contributed by atoms with E-state index in [0.717, 1.165) is 16.7 Å². The van der Waals surface area contributed by atoms with Crippen molar-refractivity contribution in [3.05, 3.63) is 144 Å². The van der Waals surface area contributed by atoms with Crippen LogP contribution in [0.3, 0.4) is 0 Å². The fourth-order valence-corrected chi connectivity index (χ4v) is 5.93. The van der Waals surface area contributed by atoms with Gasteiger partial charge in [-0.2, -0.15) is 0 Å². The lowest BCUT2D eigenvalue weighted by Gasteiger charge is -2.20. The molecular formula is C36H17F7. The maximum absolute atomic E-state index is 15.8. The van der Waals surface area contributed by atoms with Gasteiger partial charge < -0.3 is 0 Å². The third-order valence-corrected chi connectivity index (χ3v) is 7.78. The van der Waals surface area contributed by atoms with Crippen LogP contribution in [-0.4, -0.2) is 0 Å². The summed E-state index contributed by atoms with van der Waals surface area (Å²) in [6.45, 7) is 0. The topological polar surface area (TPSA) is 0 Å². The Morgan fingerprint density at radius 1 is 0.279 bits per heavy atom. The van der Waals surface area contributed by atoms with Gasteiger partial charge in [0.15, 0.2) is 40.7 Å². The summed E-state index contributed by atoms with van der Waals surface area (Å²) in [5, 5.41) is -1.14. The molecule has 0 nitrogen and oxygen atoms in total. The highest BCUT2D eigenvalue weighted by Gasteiger charge is 2.32. The molecular weight excluding hydrogens is 565 g/mol. The highest BCUT2D eigenvalue weighted by atomic mass is 19.2. The quantitative estimate of drug-likeness (QED) is 0.0842. The fraction of sp³-hybridized carbons (Fsp3) is 0. The molecule has 7 aromatic rings. The SMILES string of the molecule is Fc1c(F)c(F)c2c(-c3c4ccccc4c(-c4cccc(-c5ccccc5)c4)c4ccccc34)c(F)c(F)c(F)c2c1F. The molecule has 210 valence electrons. The van der Waals surface area contributed by atoms with Crippen LogP contribution in [0, 0.1) is 40.7 Å². The average molecular weight is 583 g/mol. The van der Waals surface area contributed by atoms with Gasteiger partial charge in [-0.15, -0.1) is 0 Å². The molecule has 7 heteroatoms. The molecule has 0 radical (unpaired) electrons. The van der Waals surface area contributed by atoms with E-state index >= 15 is 13.2 Å². The molecule has 0 saturated carbocycles. The molecule has 0 aromatic heterocycles. The summed E-state index contributed by atoms with van der Waals surface area (Å²) in [6, 6.07) is 30.6. The van der Waals surface area contributed by atoms with Crippen molar-refractivity contribution in [3.8, 4) is 33.4 Å². The summed E-state index contributed by atoms with van der Waals surface area (Å²) in [7, 11) is 0. The molecule has 0 amide bonds. The predicted octanol–water partition coefficient (Wildman–Crippen LogP) is 11.1. The van der Waals surface area contributed by atoms with E-state index in [9.17, 15) is 17.6 Å². The molecule has 7 aromatic carbocycles. The van der Waals surface area contributed by atoms with Gasteiger partial charge in [-0.1, -0.05) is 97.1 Å². The minimum Gasteiger partial charge on any atom is -0.203 e. The molecule has 0 aliphatic heterocycles. The number of benzene rings is 7. The van der Waals surface area contributed by atoms with Crippen LogP contribution in [0.5, 0.6) is 0 Å². The third-order valence-electron chi connectivity index (χ3n) is 7.78. The molecule has 0 aliphatic carbocycles. The molecule has 0 aliphatic rings. The van der Waals surface area contributed by atoms with Crippen molar-refractivity contribution in [3.63, 3.8) is 0 Å². The molecule has 0 fully saturated rings. The van der Waals surface area contributed by atoms with Gasteiger partial charge in [0.05, 0.1) is 5.39 Å². The lowest BCUT2D eigenvalue weighted by atomic mass is 9.83. The van der Waals surface area contributed by atoms with Crippen LogP contribution in [0.25, 0.3) is 65.7 Å². The van der Waals surface area contributed by atoms with Gasteiger partial charge in [0.2, 0.25) is 0 Å². The van der Waals surface area contributed by atoms with Crippen LogP contribution >= 0.6 is 0 Å². The Hall–Kier alpha value is -5.17. The number of halogens is 7. The minimum atomic E-state index is -2.33. The highest BCUT2D eigenvalue weighted by Crippen LogP contribution is 2.48. The van der Waals surface area contributed by atoms with Gasteiger partial charge in [0.25, 0.3) is 0 Å². The maximum atomic E-state index is 15.8. The normalized spacial score (nSPS) is 11.6. The van der Waals surface area contributed by atoms with E-state index in [0.29, 0.717) is 16.3 Å². The summed E-state index contributed by atoms with van der Waals surface area (Å²) < 4.78 is 105. The van der Waals surface area contributed by atoms with Crippen LogP contribution in [0.15, 0.2) is 103 Å². The Bertz CT molecular complexity index is 2190. The molecule has 0 spiro atoms. The monoisotopic (exact) mass is 582 g/mol. The Labute approximate surface area is 240 Å². The Kier molecular flexibility index (Phi) is 6.20. The standard InChI is InChI=1S/C36H17F7/c37-30-27(28-29(32(39)34(30)41)33(40)36(43)35(42)31(28)38)26-23-15-6-4-13-21(23)25(22-14-5-7-16-24(22)26)20-12-8-11-19(17-20)18-9-2-1-3-10-18/h1-17H. The Morgan fingerprint density at radius 3 is 1.26 bits per heavy atom. The average Bonchev–Trinajstić information content (AvgIpc) is 3.05. The number of hydrogen-bond donors (Lipinski definition) is 0. The van der Waals surface area contributed by atoms with E-state index in [2.05, 4.69) is 0 Å². The van der Waals surface area contributed by atoms with E-state index in [1.165, 1.54) is 0 Å². The maximum Gasteiger partial charge on any atom is 0.198 e. The van der Waals surface area contributed by atoms with E-state index < -0.39 is 57.1 Å². The van der Waals surface area contributed by atoms with Crippen molar-refractivity contribution >= 4 is 32.3 Å². The van der Waals surface area contributed by atoms with E-state index in [4.69, 9.17) is 0 Å². The lowest BCUT2D eigenvalue weighted by molar-refractivity contribution is 0.411. The minimum absolute atomic E-state index is 0.125. The largest absolute Gasteiger partial charge is 0.203 e. The second kappa shape index (κ2) is 9.98. The molecule has 0 unspecified atom stereocenters. The van der Waals surface area contributed by atoms with Crippen LogP contribution < -0.4 is 0 Å². The summed E-state index contributed by atoms with van der Waals surface area (Å²) in [4.78, 5) is 0. The zero-order valence-corrected chi connectivity index (χ0v) is 22.0. The summed E-state index contributed by atoms with van der Waals surface area (Å²) in [6.07, 6.45) is 0. The lowest BCUT2D eigenvalue weighted by Crippen LogP contribution is -2.06. The number of fused-ring (bicyclic) bond motifs is 3. The molecule has 0 heterocycles. The highest BCUT2D eigenvalue weighted by molar-refractivity contribution is 6.23. The van der Waals surface area contributed by atoms with Gasteiger partial charge in [-0.3, -0.25) is 0 Å². The van der Waals surface area contributed by atoms with E-state index in [-0.39, 0.29) is 16.3 Å². The van der Waals surface area contributed by atoms with Gasteiger partial charge in [-0.25, -0.2) is 30.7 Å². The second-order valence-electron chi connectivity index (χ2n) is 10.1. The Morgan fingerprint density at radius 2 is 0.698 bits per heavy atom. The van der Waals surface area contributed by atoms with Crippen molar-refractivity contribution in [2.24, 2.45) is 0 Å². The van der Waals surface area contributed by atoms with Crippen molar-refractivity contribution in [1.82, 2.24) is 0 Å². The molecule has 0 atom stereocenters. The predicted molar refractivity (Wildman–Crippen MR) is 155 cm³/mol. The molecule has 0 bridgehead atoms. The second-order valence-corrected chi connectivity index (χ2v) is 10.1. The zero-order valence-electron chi connectivity index (χ0n) is 22.0. The molecule has 0 N–H and O–H groups in total. The summed E-state index contributed by atoms with van der Waals surface area (Å²) in [5.41, 5.74) is 2.34. The van der Waals surface area contributed by atoms with Gasteiger partial charge in [0, 0.05) is 16.5 Å². The zero-order chi connectivity index (χ0) is 30.0. The van der Waals surface area contributed by atoms with Gasteiger partial charge in [-0.05, 0) is 49.9 Å². The molecule has 0 saturated heterocycles. The first kappa shape index (κ1) is 26.7. The van der Waals surface area contributed by atoms with Crippen molar-refractivity contribution in [1.29, 1.82) is 0 Å². The van der Waals surface area contributed by atoms with Crippen molar-refractivity contribution in [2.45, 2.75) is 0 Å². The van der Waals surface area contributed by atoms with Crippen LogP contribution in [0.4, 0.5) is 30.7 Å². The first-order valence-corrected chi connectivity index (χ1v) is 13.2. The van der Waals surface area contributed by atoms with Crippen molar-refractivity contribution < 1.29 is 30.7 Å². The van der Waals surface area contributed by atoms with Crippen molar-refractivity contribution in [2.75, 3.05) is 0 Å². The van der Waals surface area contributed by atoms with Crippen LogP contribution in [0.1, 0.15) is 0 Å². The molecule has 43 heavy (non-hydrogen) atoms. The summed E-state index contributed by atoms with van der Waals surface area (Å²) >= 11 is 0. The molecule has 7 rings (SSSR count). The van der Waals surface area contributed by atoms with Crippen LogP contribution in [-0.2, 0) is 0 Å². The third kappa shape index (κ3) is 3.91. The van der Waals surface area contributed by atoms with E-state index in [1.807, 2.05) is 54.6 Å². The van der Waals surface area contributed by atoms with Crippen LogP contribution in [0.2, 0.25) is 0 Å². The van der Waals surface area contributed by atoms with E-state index in [1.54, 1.807) is 48.5 Å². The van der Waals surface area contributed by atoms with Gasteiger partial charge >= 0.3 is 0 Å². The smallest absolute Gasteiger partial charge is 0.198 e. The first-order valence-electron chi connectivity index (χ1n) is 13.2. The first-order chi connectivity index (χ1) is 20.8. The van der Waals surface area contributed by atoms with Gasteiger partial charge in [0.1, 0.15) is 0 Å². The Balaban J connectivity index is 1.67. The summed E-state index contributed by atoms with van der Waals surface area (Å²) in [5.74, 6) is -14.9. The number of hydrogen-bond acceptors (Lipinski definition) is 0. The number of rotatable bonds is 3. The fourth-order valence-electron chi connectivity index (χ4n) is 5.93.